The third kappa shape index (κ3) is 3.81. The monoisotopic (exact) mass is 352 g/mol. The van der Waals surface area contributed by atoms with Gasteiger partial charge in [0.1, 0.15) is 11.5 Å². The molecule has 7 heteroatoms. The summed E-state index contributed by atoms with van der Waals surface area (Å²) in [7, 11) is 1.87. The first-order chi connectivity index (χ1) is 9.99. The zero-order valence-corrected chi connectivity index (χ0v) is 13.6. The lowest BCUT2D eigenvalue weighted by molar-refractivity contribution is -0.384. The predicted octanol–water partition coefficient (Wildman–Crippen LogP) is 3.39. The summed E-state index contributed by atoms with van der Waals surface area (Å²) in [4.78, 5) is 16.9. The number of hydrogen-bond acceptors (Lipinski definition) is 4. The number of imidazole rings is 1. The first kappa shape index (κ1) is 15.5. The van der Waals surface area contributed by atoms with Crippen LogP contribution in [0.5, 0.6) is 0 Å². The molecule has 0 saturated heterocycles. The van der Waals surface area contributed by atoms with Gasteiger partial charge in [-0.3, -0.25) is 10.1 Å². The number of aryl methyl sites for hydroxylation is 2. The normalized spacial score (nSPS) is 10.6. The van der Waals surface area contributed by atoms with E-state index < -0.39 is 0 Å². The smallest absolute Gasteiger partial charge is 0.293 e. The fourth-order valence-corrected chi connectivity index (χ4v) is 2.55. The molecule has 0 radical (unpaired) electrons. The number of rotatable bonds is 6. The number of aromatic nitrogens is 2. The van der Waals surface area contributed by atoms with Crippen molar-refractivity contribution in [2.45, 2.75) is 19.9 Å². The Morgan fingerprint density at radius 1 is 1.48 bits per heavy atom. The fourth-order valence-electron chi connectivity index (χ4n) is 2.20. The van der Waals surface area contributed by atoms with Crippen molar-refractivity contribution in [2.75, 3.05) is 18.5 Å². The summed E-state index contributed by atoms with van der Waals surface area (Å²) >= 11 is 3.27. The van der Waals surface area contributed by atoms with Crippen LogP contribution in [0, 0.1) is 17.0 Å². The Morgan fingerprint density at radius 3 is 2.86 bits per heavy atom. The van der Waals surface area contributed by atoms with Crippen molar-refractivity contribution >= 4 is 27.3 Å². The van der Waals surface area contributed by atoms with E-state index in [9.17, 15) is 10.1 Å². The largest absolute Gasteiger partial charge is 0.369 e. The van der Waals surface area contributed by atoms with Gasteiger partial charge in [-0.15, -0.1) is 0 Å². The van der Waals surface area contributed by atoms with Gasteiger partial charge in [0.25, 0.3) is 5.69 Å². The minimum Gasteiger partial charge on any atom is -0.369 e. The van der Waals surface area contributed by atoms with Gasteiger partial charge in [0.2, 0.25) is 0 Å². The van der Waals surface area contributed by atoms with Gasteiger partial charge >= 0.3 is 0 Å². The van der Waals surface area contributed by atoms with Gasteiger partial charge in [0.15, 0.2) is 0 Å². The predicted molar refractivity (Wildman–Crippen MR) is 85.6 cm³/mol. The maximum atomic E-state index is 11.1. The molecule has 0 unspecified atom stereocenters. The van der Waals surface area contributed by atoms with Gasteiger partial charge in [-0.1, -0.05) is 15.9 Å². The Hall–Kier alpha value is -1.89. The fraction of sp³-hybridized carbons (Fsp3) is 0.357. The second-order valence-corrected chi connectivity index (χ2v) is 5.75. The van der Waals surface area contributed by atoms with Gasteiger partial charge in [0, 0.05) is 43.1 Å². The summed E-state index contributed by atoms with van der Waals surface area (Å²) in [6.07, 6.45) is 4.61. The topological polar surface area (TPSA) is 64.2 Å². The number of anilines is 1. The molecule has 0 aliphatic rings. The minimum absolute atomic E-state index is 0.116. The molecule has 112 valence electrons. The minimum atomic E-state index is -0.351. The highest BCUT2D eigenvalue weighted by molar-refractivity contribution is 9.10. The molecule has 0 N–H and O–H groups in total. The molecule has 0 atom stereocenters. The first-order valence-corrected chi connectivity index (χ1v) is 7.41. The average Bonchev–Trinajstić information content (AvgIpc) is 2.84. The average molecular weight is 353 g/mol. The second-order valence-electron chi connectivity index (χ2n) is 4.83. The molecular formula is C14H17BrN4O2. The maximum absolute atomic E-state index is 11.1. The van der Waals surface area contributed by atoms with E-state index in [2.05, 4.69) is 25.5 Å². The van der Waals surface area contributed by atoms with Gasteiger partial charge in [-0.2, -0.15) is 0 Å². The van der Waals surface area contributed by atoms with Crippen LogP contribution in [0.15, 0.2) is 35.1 Å². The van der Waals surface area contributed by atoms with Crippen LogP contribution in [-0.2, 0) is 6.54 Å². The Morgan fingerprint density at radius 2 is 2.24 bits per heavy atom. The lowest BCUT2D eigenvalue weighted by Gasteiger charge is -2.19. The molecule has 2 rings (SSSR count). The zero-order chi connectivity index (χ0) is 15.4. The van der Waals surface area contributed by atoms with Crippen molar-refractivity contribution in [3.63, 3.8) is 0 Å². The summed E-state index contributed by atoms with van der Waals surface area (Å²) in [6.45, 7) is 3.55. The summed E-state index contributed by atoms with van der Waals surface area (Å²) in [5.41, 5.74) is 0.747. The highest BCUT2D eigenvalue weighted by Crippen LogP contribution is 2.30. The summed E-state index contributed by atoms with van der Waals surface area (Å²) < 4.78 is 2.78. The Kier molecular flexibility index (Phi) is 4.95. The number of nitro benzene ring substituents is 1. The molecule has 0 aliphatic heterocycles. The Bertz CT molecular complexity index is 642. The first-order valence-electron chi connectivity index (χ1n) is 6.62. The van der Waals surface area contributed by atoms with E-state index in [1.54, 1.807) is 12.3 Å². The second kappa shape index (κ2) is 6.71. The van der Waals surface area contributed by atoms with Gasteiger partial charge in [-0.25, -0.2) is 4.98 Å². The number of hydrogen-bond donors (Lipinski definition) is 0. The number of nitrogens with zero attached hydrogens (tertiary/aromatic N) is 4. The van der Waals surface area contributed by atoms with Crippen LogP contribution in [0.4, 0.5) is 11.4 Å². The van der Waals surface area contributed by atoms with Gasteiger partial charge in [0.05, 0.1) is 4.92 Å². The molecule has 0 spiro atoms. The highest BCUT2D eigenvalue weighted by atomic mass is 79.9. The van der Waals surface area contributed by atoms with Crippen LogP contribution in [0.3, 0.4) is 0 Å². The summed E-state index contributed by atoms with van der Waals surface area (Å²) in [6, 6.07) is 5.12. The summed E-state index contributed by atoms with van der Waals surface area (Å²) in [5.74, 6) is 0.979. The maximum Gasteiger partial charge on any atom is 0.293 e. The van der Waals surface area contributed by atoms with Crippen molar-refractivity contribution in [2.24, 2.45) is 0 Å². The van der Waals surface area contributed by atoms with E-state index in [0.717, 1.165) is 25.3 Å². The molecule has 1 aromatic carbocycles. The molecular weight excluding hydrogens is 336 g/mol. The van der Waals surface area contributed by atoms with Crippen LogP contribution >= 0.6 is 15.9 Å². The van der Waals surface area contributed by atoms with Crippen molar-refractivity contribution < 1.29 is 4.92 Å². The number of halogens is 1. The van der Waals surface area contributed by atoms with E-state index in [0.29, 0.717) is 10.2 Å². The van der Waals surface area contributed by atoms with E-state index in [1.165, 1.54) is 6.07 Å². The molecule has 6 nitrogen and oxygen atoms in total. The molecule has 21 heavy (non-hydrogen) atoms. The molecule has 2 aromatic rings. The lowest BCUT2D eigenvalue weighted by atomic mass is 10.2. The molecule has 0 fully saturated rings. The molecule has 0 amide bonds. The van der Waals surface area contributed by atoms with Crippen LogP contribution < -0.4 is 4.90 Å². The van der Waals surface area contributed by atoms with Crippen LogP contribution in [0.2, 0.25) is 0 Å². The Labute approximate surface area is 131 Å². The third-order valence-corrected chi connectivity index (χ3v) is 3.85. The van der Waals surface area contributed by atoms with Gasteiger partial charge in [-0.05, 0) is 25.5 Å². The van der Waals surface area contributed by atoms with Crippen molar-refractivity contribution in [3.8, 4) is 0 Å². The van der Waals surface area contributed by atoms with E-state index in [-0.39, 0.29) is 10.6 Å². The van der Waals surface area contributed by atoms with E-state index in [4.69, 9.17) is 0 Å². The lowest BCUT2D eigenvalue weighted by Crippen LogP contribution is -2.21. The van der Waals surface area contributed by atoms with E-state index >= 15 is 0 Å². The van der Waals surface area contributed by atoms with Crippen molar-refractivity contribution in [1.29, 1.82) is 0 Å². The standard InChI is InChI=1S/C14H17BrN4O2/c1-11-16-6-9-18(11)8-3-7-17(2)13-5-4-12(15)10-14(13)19(20)21/h4-6,9-10H,3,7-8H2,1-2H3. The number of nitro groups is 1. The van der Waals surface area contributed by atoms with Crippen LogP contribution in [0.25, 0.3) is 0 Å². The SMILES string of the molecule is Cc1nccn1CCCN(C)c1ccc(Br)cc1[N+](=O)[O-]. The van der Waals surface area contributed by atoms with Crippen molar-refractivity contribution in [3.05, 3.63) is 51.0 Å². The quantitative estimate of drug-likeness (QED) is 0.590. The van der Waals surface area contributed by atoms with Crippen LogP contribution in [-0.4, -0.2) is 28.1 Å². The molecule has 1 aromatic heterocycles. The molecule has 0 bridgehead atoms. The third-order valence-electron chi connectivity index (χ3n) is 3.36. The van der Waals surface area contributed by atoms with Gasteiger partial charge < -0.3 is 9.47 Å². The van der Waals surface area contributed by atoms with Crippen LogP contribution in [0.1, 0.15) is 12.2 Å². The highest BCUT2D eigenvalue weighted by Gasteiger charge is 2.17. The Balaban J connectivity index is 2.02. The molecule has 0 saturated carbocycles. The summed E-state index contributed by atoms with van der Waals surface area (Å²) in [5, 5.41) is 11.1. The molecule has 1 heterocycles. The zero-order valence-electron chi connectivity index (χ0n) is 12.0. The molecule has 0 aliphatic carbocycles. The van der Waals surface area contributed by atoms with E-state index in [1.807, 2.05) is 31.1 Å². The number of benzene rings is 1. The van der Waals surface area contributed by atoms with Crippen molar-refractivity contribution in [1.82, 2.24) is 9.55 Å².